The first-order valence-electron chi connectivity index (χ1n) is 7.86. The number of nitrogens with one attached hydrogen (secondary N) is 1. The number of hydrogen-bond acceptors (Lipinski definition) is 4. The van der Waals surface area contributed by atoms with E-state index in [0.29, 0.717) is 13.2 Å². The summed E-state index contributed by atoms with van der Waals surface area (Å²) >= 11 is 0. The van der Waals surface area contributed by atoms with E-state index >= 15 is 0 Å². The van der Waals surface area contributed by atoms with Crippen LogP contribution in [0.3, 0.4) is 0 Å². The fourth-order valence-electron chi connectivity index (χ4n) is 2.84. The molecule has 130 valence electrons. The van der Waals surface area contributed by atoms with E-state index in [1.54, 1.807) is 12.3 Å². The van der Waals surface area contributed by atoms with Crippen LogP contribution in [0.2, 0.25) is 0 Å². The summed E-state index contributed by atoms with van der Waals surface area (Å²) < 4.78 is 48.3. The molecule has 1 aliphatic rings. The van der Waals surface area contributed by atoms with Crippen molar-refractivity contribution < 1.29 is 17.5 Å². The fourth-order valence-corrected chi connectivity index (χ4v) is 3.97. The third-order valence-electron chi connectivity index (χ3n) is 4.14. The van der Waals surface area contributed by atoms with Crippen LogP contribution in [0.25, 0.3) is 5.69 Å². The summed E-state index contributed by atoms with van der Waals surface area (Å²) in [7, 11) is -3.75. The Morgan fingerprint density at radius 1 is 1.46 bits per heavy atom. The summed E-state index contributed by atoms with van der Waals surface area (Å²) in [4.78, 5) is -0.0870. The van der Waals surface area contributed by atoms with Gasteiger partial charge in [-0.2, -0.15) is 5.10 Å². The second kappa shape index (κ2) is 7.00. The average molecular weight is 353 g/mol. The highest BCUT2D eigenvalue weighted by Gasteiger charge is 2.23. The molecule has 0 aliphatic carbocycles. The first-order chi connectivity index (χ1) is 11.5. The Bertz CT molecular complexity index is 793. The van der Waals surface area contributed by atoms with Crippen LogP contribution in [0.15, 0.2) is 41.6 Å². The molecule has 0 radical (unpaired) electrons. The molecule has 0 bridgehead atoms. The van der Waals surface area contributed by atoms with Crippen molar-refractivity contribution in [1.82, 2.24) is 14.5 Å². The van der Waals surface area contributed by atoms with Gasteiger partial charge in [0.15, 0.2) is 0 Å². The van der Waals surface area contributed by atoms with Crippen molar-refractivity contribution in [3.05, 3.63) is 42.5 Å². The Hall–Kier alpha value is -1.77. The quantitative estimate of drug-likeness (QED) is 0.893. The van der Waals surface area contributed by atoms with Crippen LogP contribution < -0.4 is 4.72 Å². The van der Waals surface area contributed by atoms with Crippen molar-refractivity contribution in [2.24, 2.45) is 5.92 Å². The molecular formula is C16H20FN3O3S. The van der Waals surface area contributed by atoms with Crippen LogP contribution in [0, 0.1) is 11.7 Å². The van der Waals surface area contributed by atoms with E-state index in [2.05, 4.69) is 9.82 Å². The number of hydrogen-bond donors (Lipinski definition) is 1. The van der Waals surface area contributed by atoms with Crippen LogP contribution >= 0.6 is 0 Å². The normalized spacial score (nSPS) is 21.8. The third-order valence-corrected chi connectivity index (χ3v) is 5.56. The molecule has 0 spiro atoms. The summed E-state index contributed by atoms with van der Waals surface area (Å²) in [5, 5.41) is 3.94. The van der Waals surface area contributed by atoms with Crippen LogP contribution in [0.5, 0.6) is 0 Å². The van der Waals surface area contributed by atoms with Crippen LogP contribution in [0.4, 0.5) is 4.39 Å². The zero-order valence-electron chi connectivity index (χ0n) is 13.4. The monoisotopic (exact) mass is 353 g/mol. The van der Waals surface area contributed by atoms with Gasteiger partial charge in [-0.1, -0.05) is 0 Å². The number of rotatable bonds is 5. The maximum atomic E-state index is 14.2. The number of nitrogens with zero attached hydrogens (tertiary/aromatic N) is 2. The smallest absolute Gasteiger partial charge is 0.240 e. The van der Waals surface area contributed by atoms with Gasteiger partial charge in [0.25, 0.3) is 0 Å². The number of sulfonamides is 1. The molecule has 2 heterocycles. The van der Waals surface area contributed by atoms with Crippen molar-refractivity contribution in [3.8, 4) is 5.69 Å². The molecule has 8 heteroatoms. The Morgan fingerprint density at radius 3 is 2.96 bits per heavy atom. The maximum Gasteiger partial charge on any atom is 0.240 e. The summed E-state index contributed by atoms with van der Waals surface area (Å²) in [5.41, 5.74) is 0.206. The molecule has 1 aromatic carbocycles. The van der Waals surface area contributed by atoms with Crippen LogP contribution in [-0.2, 0) is 14.8 Å². The Balaban J connectivity index is 1.71. The first kappa shape index (κ1) is 17.1. The SMILES string of the molecule is C[C@H]1C[C@@H](CNS(=O)(=O)c2ccc(-n3cccn3)c(F)c2)CCO1. The van der Waals surface area contributed by atoms with E-state index in [1.165, 1.54) is 23.0 Å². The zero-order valence-corrected chi connectivity index (χ0v) is 14.2. The minimum absolute atomic E-state index is 0.0870. The molecule has 1 saturated heterocycles. The number of halogens is 1. The highest BCUT2D eigenvalue weighted by Crippen LogP contribution is 2.21. The maximum absolute atomic E-state index is 14.2. The topological polar surface area (TPSA) is 73.2 Å². The van der Waals surface area contributed by atoms with E-state index in [4.69, 9.17) is 4.74 Å². The highest BCUT2D eigenvalue weighted by molar-refractivity contribution is 7.89. The Kier molecular flexibility index (Phi) is 4.98. The van der Waals surface area contributed by atoms with Gasteiger partial charge in [0.05, 0.1) is 11.0 Å². The van der Waals surface area contributed by atoms with E-state index in [-0.39, 0.29) is 22.6 Å². The van der Waals surface area contributed by atoms with Gasteiger partial charge in [-0.3, -0.25) is 0 Å². The van der Waals surface area contributed by atoms with Crippen molar-refractivity contribution in [3.63, 3.8) is 0 Å². The standard InChI is InChI=1S/C16H20FN3O3S/c1-12-9-13(5-8-23-12)11-19-24(21,22)14-3-4-16(15(17)10-14)20-7-2-6-18-20/h2-4,6-7,10,12-13,19H,5,8-9,11H2,1H3/t12-,13-/m0/s1. The molecule has 1 fully saturated rings. The second-order valence-corrected chi connectivity index (χ2v) is 7.75. The molecule has 1 aromatic heterocycles. The van der Waals surface area contributed by atoms with Crippen molar-refractivity contribution in [2.75, 3.05) is 13.2 Å². The molecule has 0 amide bonds. The Labute approximate surface area is 140 Å². The van der Waals surface area contributed by atoms with Gasteiger partial charge >= 0.3 is 0 Å². The van der Waals surface area contributed by atoms with Gasteiger partial charge in [0, 0.05) is 25.5 Å². The Morgan fingerprint density at radius 2 is 2.29 bits per heavy atom. The predicted molar refractivity (Wildman–Crippen MR) is 86.8 cm³/mol. The summed E-state index contributed by atoms with van der Waals surface area (Å²) in [6.07, 6.45) is 4.89. The average Bonchev–Trinajstić information content (AvgIpc) is 3.07. The lowest BCUT2D eigenvalue weighted by atomic mass is 9.97. The molecule has 0 saturated carbocycles. The van der Waals surface area contributed by atoms with E-state index in [9.17, 15) is 12.8 Å². The zero-order chi connectivity index (χ0) is 17.2. The van der Waals surface area contributed by atoms with Crippen LogP contribution in [-0.4, -0.2) is 37.5 Å². The minimum atomic E-state index is -3.75. The van der Waals surface area contributed by atoms with E-state index in [0.717, 1.165) is 18.9 Å². The fraction of sp³-hybridized carbons (Fsp3) is 0.438. The van der Waals surface area contributed by atoms with Gasteiger partial charge in [0.2, 0.25) is 10.0 Å². The number of benzene rings is 1. The van der Waals surface area contributed by atoms with Gasteiger partial charge in [-0.05, 0) is 49.9 Å². The first-order valence-corrected chi connectivity index (χ1v) is 9.35. The molecule has 24 heavy (non-hydrogen) atoms. The van der Waals surface area contributed by atoms with Gasteiger partial charge < -0.3 is 4.74 Å². The molecule has 6 nitrogen and oxygen atoms in total. The molecule has 2 atom stereocenters. The highest BCUT2D eigenvalue weighted by atomic mass is 32.2. The van der Waals surface area contributed by atoms with E-state index in [1.807, 2.05) is 6.92 Å². The number of aromatic nitrogens is 2. The third kappa shape index (κ3) is 3.82. The van der Waals surface area contributed by atoms with Gasteiger partial charge in [-0.15, -0.1) is 0 Å². The molecule has 1 N–H and O–H groups in total. The van der Waals surface area contributed by atoms with Crippen molar-refractivity contribution >= 4 is 10.0 Å². The second-order valence-electron chi connectivity index (χ2n) is 5.99. The summed E-state index contributed by atoms with van der Waals surface area (Å²) in [6.45, 7) is 2.95. The predicted octanol–water partition coefficient (Wildman–Crippen LogP) is 2.10. The molecular weight excluding hydrogens is 333 g/mol. The minimum Gasteiger partial charge on any atom is -0.378 e. The lowest BCUT2D eigenvalue weighted by Crippen LogP contribution is -2.34. The molecule has 1 aliphatic heterocycles. The lowest BCUT2D eigenvalue weighted by molar-refractivity contribution is 0.00397. The summed E-state index contributed by atoms with van der Waals surface area (Å²) in [6, 6.07) is 5.48. The van der Waals surface area contributed by atoms with Gasteiger partial charge in [-0.25, -0.2) is 22.2 Å². The van der Waals surface area contributed by atoms with Crippen molar-refractivity contribution in [1.29, 1.82) is 0 Å². The molecule has 2 aromatic rings. The van der Waals surface area contributed by atoms with Gasteiger partial charge in [0.1, 0.15) is 11.5 Å². The van der Waals surface area contributed by atoms with E-state index < -0.39 is 15.8 Å². The summed E-state index contributed by atoms with van der Waals surface area (Å²) in [5.74, 6) is -0.405. The van der Waals surface area contributed by atoms with Crippen LogP contribution in [0.1, 0.15) is 19.8 Å². The lowest BCUT2D eigenvalue weighted by Gasteiger charge is -2.27. The molecule has 3 rings (SSSR count). The number of ether oxygens (including phenoxy) is 1. The van der Waals surface area contributed by atoms with Crippen molar-refractivity contribution in [2.45, 2.75) is 30.8 Å². The largest absolute Gasteiger partial charge is 0.378 e. The molecule has 0 unspecified atom stereocenters.